The Labute approximate surface area is 145 Å². The number of nitro benzene ring substituents is 1. The van der Waals surface area contributed by atoms with Crippen LogP contribution in [0.2, 0.25) is 0 Å². The van der Waals surface area contributed by atoms with Crippen molar-refractivity contribution < 1.29 is 32.8 Å². The van der Waals surface area contributed by atoms with Crippen LogP contribution in [0.25, 0.3) is 0 Å². The molecule has 8 nitrogen and oxygen atoms in total. The van der Waals surface area contributed by atoms with E-state index in [1.54, 1.807) is 0 Å². The summed E-state index contributed by atoms with van der Waals surface area (Å²) >= 11 is 0. The molecule has 0 aromatic heterocycles. The molecule has 26 heavy (non-hydrogen) atoms. The van der Waals surface area contributed by atoms with Gasteiger partial charge in [0, 0.05) is 17.8 Å². The molecule has 0 aliphatic rings. The fourth-order valence-electron chi connectivity index (χ4n) is 1.94. The van der Waals surface area contributed by atoms with Crippen molar-refractivity contribution in [1.29, 1.82) is 0 Å². The zero-order valence-electron chi connectivity index (χ0n) is 13.3. The molecule has 0 atom stereocenters. The van der Waals surface area contributed by atoms with Crippen molar-refractivity contribution in [3.05, 3.63) is 63.7 Å². The van der Waals surface area contributed by atoms with Crippen LogP contribution in [0, 0.1) is 21.7 Å². The summed E-state index contributed by atoms with van der Waals surface area (Å²) in [6.07, 6.45) is 0. The van der Waals surface area contributed by atoms with Gasteiger partial charge in [0.2, 0.25) is 0 Å². The second-order valence-corrected chi connectivity index (χ2v) is 4.90. The van der Waals surface area contributed by atoms with E-state index in [9.17, 15) is 28.5 Å². The molecule has 0 heterocycles. The Balaban J connectivity index is 2.08. The third-order valence-corrected chi connectivity index (χ3v) is 3.14. The van der Waals surface area contributed by atoms with Crippen LogP contribution in [0.5, 0.6) is 5.75 Å². The number of anilines is 1. The summed E-state index contributed by atoms with van der Waals surface area (Å²) in [6.45, 7) is -0.628. The number of rotatable bonds is 6. The fraction of sp³-hybridized carbons (Fsp3) is 0.125. The van der Waals surface area contributed by atoms with Crippen molar-refractivity contribution in [3.63, 3.8) is 0 Å². The minimum absolute atomic E-state index is 0.00645. The number of nitro groups is 1. The van der Waals surface area contributed by atoms with Crippen LogP contribution >= 0.6 is 0 Å². The van der Waals surface area contributed by atoms with Crippen molar-refractivity contribution in [1.82, 2.24) is 0 Å². The standard InChI is InChI=1S/C16H12F2N2O6/c1-25-16(22)9-2-5-14(13(6-9)20(23)24)26-8-15(21)19-10-3-4-11(17)12(18)7-10/h2-7H,8H2,1H3,(H,19,21). The highest BCUT2D eigenvalue weighted by Gasteiger charge is 2.20. The lowest BCUT2D eigenvalue weighted by Gasteiger charge is -2.09. The lowest BCUT2D eigenvalue weighted by Crippen LogP contribution is -2.20. The maximum absolute atomic E-state index is 13.1. The van der Waals surface area contributed by atoms with E-state index in [0.29, 0.717) is 0 Å². The van der Waals surface area contributed by atoms with Crippen LogP contribution in [-0.4, -0.2) is 30.5 Å². The number of carbonyl (C=O) groups excluding carboxylic acids is 2. The zero-order valence-corrected chi connectivity index (χ0v) is 13.3. The number of amides is 1. The Morgan fingerprint density at radius 3 is 2.50 bits per heavy atom. The second-order valence-electron chi connectivity index (χ2n) is 4.90. The molecular formula is C16H12F2N2O6. The normalized spacial score (nSPS) is 10.1. The van der Waals surface area contributed by atoms with Gasteiger partial charge in [-0.25, -0.2) is 13.6 Å². The first kappa shape index (κ1) is 18.8. The third-order valence-electron chi connectivity index (χ3n) is 3.14. The average Bonchev–Trinajstić information content (AvgIpc) is 2.62. The second kappa shape index (κ2) is 8.01. The van der Waals surface area contributed by atoms with Crippen LogP contribution < -0.4 is 10.1 Å². The topological polar surface area (TPSA) is 108 Å². The van der Waals surface area contributed by atoms with E-state index in [1.165, 1.54) is 6.07 Å². The third kappa shape index (κ3) is 4.50. The molecule has 2 aromatic rings. The van der Waals surface area contributed by atoms with Gasteiger partial charge in [0.1, 0.15) is 0 Å². The van der Waals surface area contributed by atoms with Gasteiger partial charge in [0.05, 0.1) is 17.6 Å². The molecule has 2 rings (SSSR count). The molecule has 0 aliphatic carbocycles. The molecule has 1 amide bonds. The Bertz CT molecular complexity index is 872. The van der Waals surface area contributed by atoms with Crippen molar-refractivity contribution in [2.45, 2.75) is 0 Å². The predicted octanol–water partition coefficient (Wildman–Crippen LogP) is 2.68. The molecule has 136 valence electrons. The first-order chi connectivity index (χ1) is 12.3. The number of methoxy groups -OCH3 is 1. The number of carbonyl (C=O) groups is 2. The van der Waals surface area contributed by atoms with Gasteiger partial charge in [-0.2, -0.15) is 0 Å². The number of hydrogen-bond donors (Lipinski definition) is 1. The van der Waals surface area contributed by atoms with Gasteiger partial charge in [-0.05, 0) is 24.3 Å². The van der Waals surface area contributed by atoms with E-state index in [-0.39, 0.29) is 17.0 Å². The monoisotopic (exact) mass is 366 g/mol. The van der Waals surface area contributed by atoms with Gasteiger partial charge in [-0.15, -0.1) is 0 Å². The number of halogens is 2. The van der Waals surface area contributed by atoms with Gasteiger partial charge in [0.25, 0.3) is 5.91 Å². The molecule has 10 heteroatoms. The maximum Gasteiger partial charge on any atom is 0.338 e. The van der Waals surface area contributed by atoms with E-state index < -0.39 is 40.7 Å². The maximum atomic E-state index is 13.1. The molecular weight excluding hydrogens is 354 g/mol. The van der Waals surface area contributed by atoms with Crippen LogP contribution in [0.1, 0.15) is 10.4 Å². The van der Waals surface area contributed by atoms with Gasteiger partial charge in [-0.1, -0.05) is 0 Å². The van der Waals surface area contributed by atoms with E-state index in [1.807, 2.05) is 0 Å². The highest BCUT2D eigenvalue weighted by atomic mass is 19.2. The molecule has 1 N–H and O–H groups in total. The summed E-state index contributed by atoms with van der Waals surface area (Å²) < 4.78 is 35.5. The van der Waals surface area contributed by atoms with Gasteiger partial charge in [0.15, 0.2) is 24.0 Å². The lowest BCUT2D eigenvalue weighted by atomic mass is 10.2. The number of ether oxygens (including phenoxy) is 2. The van der Waals surface area contributed by atoms with Crippen molar-refractivity contribution in [3.8, 4) is 5.75 Å². The predicted molar refractivity (Wildman–Crippen MR) is 84.9 cm³/mol. The minimum Gasteiger partial charge on any atom is -0.477 e. The molecule has 0 radical (unpaired) electrons. The van der Waals surface area contributed by atoms with Crippen molar-refractivity contribution in [2.75, 3.05) is 19.0 Å². The van der Waals surface area contributed by atoms with Gasteiger partial charge < -0.3 is 14.8 Å². The molecule has 0 bridgehead atoms. The summed E-state index contributed by atoms with van der Waals surface area (Å²) in [7, 11) is 1.13. The van der Waals surface area contributed by atoms with E-state index in [4.69, 9.17) is 4.74 Å². The smallest absolute Gasteiger partial charge is 0.338 e. The van der Waals surface area contributed by atoms with Crippen molar-refractivity contribution >= 4 is 23.3 Å². The summed E-state index contributed by atoms with van der Waals surface area (Å²) in [5.74, 6) is -3.97. The average molecular weight is 366 g/mol. The molecule has 0 fully saturated rings. The molecule has 0 saturated carbocycles. The minimum atomic E-state index is -1.14. The van der Waals surface area contributed by atoms with Crippen molar-refractivity contribution in [2.24, 2.45) is 0 Å². The molecule has 2 aromatic carbocycles. The Hall–Kier alpha value is -3.56. The Morgan fingerprint density at radius 1 is 1.15 bits per heavy atom. The molecule has 0 aliphatic heterocycles. The largest absolute Gasteiger partial charge is 0.477 e. The molecule has 0 saturated heterocycles. The van der Waals surface area contributed by atoms with Crippen LogP contribution in [0.4, 0.5) is 20.2 Å². The Kier molecular flexibility index (Phi) is 5.78. The summed E-state index contributed by atoms with van der Waals surface area (Å²) in [6, 6.07) is 6.10. The van der Waals surface area contributed by atoms with Crippen LogP contribution in [0.15, 0.2) is 36.4 Å². The van der Waals surface area contributed by atoms with E-state index in [0.717, 1.165) is 37.4 Å². The summed E-state index contributed by atoms with van der Waals surface area (Å²) in [5.41, 5.74) is -0.598. The fourth-order valence-corrected chi connectivity index (χ4v) is 1.94. The van der Waals surface area contributed by atoms with Gasteiger partial charge >= 0.3 is 11.7 Å². The number of esters is 1. The van der Waals surface area contributed by atoms with Gasteiger partial charge in [-0.3, -0.25) is 14.9 Å². The number of nitrogens with one attached hydrogen (secondary N) is 1. The lowest BCUT2D eigenvalue weighted by molar-refractivity contribution is -0.385. The first-order valence-electron chi connectivity index (χ1n) is 7.06. The van der Waals surface area contributed by atoms with Crippen LogP contribution in [0.3, 0.4) is 0 Å². The zero-order chi connectivity index (χ0) is 19.3. The highest BCUT2D eigenvalue weighted by molar-refractivity contribution is 5.92. The first-order valence-corrected chi connectivity index (χ1v) is 7.06. The molecule has 0 spiro atoms. The number of nitrogens with zero attached hydrogens (tertiary/aromatic N) is 1. The number of hydrogen-bond acceptors (Lipinski definition) is 6. The summed E-state index contributed by atoms with van der Waals surface area (Å²) in [4.78, 5) is 33.5. The number of benzene rings is 2. The SMILES string of the molecule is COC(=O)c1ccc(OCC(=O)Nc2ccc(F)c(F)c2)c([N+](=O)[O-])c1. The molecule has 0 unspecified atom stereocenters. The van der Waals surface area contributed by atoms with E-state index in [2.05, 4.69) is 10.1 Å². The highest BCUT2D eigenvalue weighted by Crippen LogP contribution is 2.28. The quantitative estimate of drug-likeness (QED) is 0.478. The Morgan fingerprint density at radius 2 is 1.88 bits per heavy atom. The van der Waals surface area contributed by atoms with Crippen LogP contribution in [-0.2, 0) is 9.53 Å². The van der Waals surface area contributed by atoms with E-state index >= 15 is 0 Å². The summed E-state index contributed by atoms with van der Waals surface area (Å²) in [5, 5.41) is 13.3.